The molecule has 1 N–H and O–H groups in total. The second-order valence-electron chi connectivity index (χ2n) is 4.99. The molecular weight excluding hydrogens is 284 g/mol. The number of hydrogen-bond acceptors (Lipinski definition) is 3. The van der Waals surface area contributed by atoms with Gasteiger partial charge in [-0.05, 0) is 47.5 Å². The molecule has 0 bridgehead atoms. The zero-order valence-electron chi connectivity index (χ0n) is 11.9. The van der Waals surface area contributed by atoms with Crippen molar-refractivity contribution in [2.45, 2.75) is 26.3 Å². The Morgan fingerprint density at radius 3 is 2.86 bits per heavy atom. The SMILES string of the molecule is CCc1nc2ccc(C(=O)O)cc2n1C(C)c1ccsc1. The third-order valence-corrected chi connectivity index (χ3v) is 4.44. The van der Waals surface area contributed by atoms with Gasteiger partial charge in [-0.25, -0.2) is 9.78 Å². The standard InChI is InChI=1S/C16H16N2O2S/c1-3-15-17-13-5-4-11(16(19)20)8-14(13)18(15)10(2)12-6-7-21-9-12/h4-10H,3H2,1-2H3,(H,19,20). The first-order chi connectivity index (χ1) is 10.1. The van der Waals surface area contributed by atoms with Gasteiger partial charge in [0, 0.05) is 6.42 Å². The van der Waals surface area contributed by atoms with Crippen LogP contribution >= 0.6 is 11.3 Å². The van der Waals surface area contributed by atoms with Gasteiger partial charge in [0.05, 0.1) is 22.6 Å². The summed E-state index contributed by atoms with van der Waals surface area (Å²) in [5.41, 5.74) is 3.24. The molecule has 0 radical (unpaired) electrons. The molecule has 2 aromatic heterocycles. The predicted molar refractivity (Wildman–Crippen MR) is 84.2 cm³/mol. The quantitative estimate of drug-likeness (QED) is 0.793. The van der Waals surface area contributed by atoms with Crippen LogP contribution in [0.4, 0.5) is 0 Å². The third kappa shape index (κ3) is 2.34. The molecule has 2 heterocycles. The Labute approximate surface area is 126 Å². The molecule has 108 valence electrons. The normalized spacial score (nSPS) is 12.7. The smallest absolute Gasteiger partial charge is 0.335 e. The number of fused-ring (bicyclic) bond motifs is 1. The Bertz CT molecular complexity index is 790. The number of rotatable bonds is 4. The van der Waals surface area contributed by atoms with E-state index >= 15 is 0 Å². The lowest BCUT2D eigenvalue weighted by Crippen LogP contribution is -2.10. The molecule has 5 heteroatoms. The zero-order chi connectivity index (χ0) is 15.0. The molecule has 0 aliphatic heterocycles. The maximum atomic E-state index is 11.2. The van der Waals surface area contributed by atoms with Gasteiger partial charge in [-0.15, -0.1) is 0 Å². The second-order valence-corrected chi connectivity index (χ2v) is 5.77. The van der Waals surface area contributed by atoms with Crippen molar-refractivity contribution in [3.05, 3.63) is 52.0 Å². The molecule has 1 aromatic carbocycles. The van der Waals surface area contributed by atoms with E-state index in [-0.39, 0.29) is 6.04 Å². The average molecular weight is 300 g/mol. The Morgan fingerprint density at radius 1 is 1.43 bits per heavy atom. The number of aromatic carboxylic acids is 1. The number of hydrogen-bond donors (Lipinski definition) is 1. The molecule has 4 nitrogen and oxygen atoms in total. The van der Waals surface area contributed by atoms with E-state index < -0.39 is 5.97 Å². The van der Waals surface area contributed by atoms with Crippen LogP contribution in [0.25, 0.3) is 11.0 Å². The molecular formula is C16H16N2O2S. The summed E-state index contributed by atoms with van der Waals surface area (Å²) in [6.45, 7) is 4.19. The molecule has 0 aliphatic carbocycles. The minimum Gasteiger partial charge on any atom is -0.478 e. The summed E-state index contributed by atoms with van der Waals surface area (Å²) in [5.74, 6) is 0.0668. The number of carboxylic acid groups (broad SMARTS) is 1. The van der Waals surface area contributed by atoms with Crippen LogP contribution < -0.4 is 0 Å². The third-order valence-electron chi connectivity index (χ3n) is 3.74. The number of thiophene rings is 1. The van der Waals surface area contributed by atoms with Gasteiger partial charge in [-0.1, -0.05) is 6.92 Å². The molecule has 0 amide bonds. The highest BCUT2D eigenvalue weighted by Gasteiger charge is 2.18. The number of nitrogens with zero attached hydrogens (tertiary/aromatic N) is 2. The molecule has 0 saturated heterocycles. The zero-order valence-corrected chi connectivity index (χ0v) is 12.7. The fraction of sp³-hybridized carbons (Fsp3) is 0.250. The van der Waals surface area contributed by atoms with Gasteiger partial charge >= 0.3 is 5.97 Å². The highest BCUT2D eigenvalue weighted by Crippen LogP contribution is 2.28. The fourth-order valence-electron chi connectivity index (χ4n) is 2.62. The van der Waals surface area contributed by atoms with Crippen molar-refractivity contribution in [2.24, 2.45) is 0 Å². The summed E-state index contributed by atoms with van der Waals surface area (Å²) in [4.78, 5) is 15.8. The lowest BCUT2D eigenvalue weighted by molar-refractivity contribution is 0.0697. The predicted octanol–water partition coefficient (Wildman–Crippen LogP) is 3.97. The molecule has 3 rings (SSSR count). The molecule has 1 atom stereocenters. The first-order valence-corrected chi connectivity index (χ1v) is 7.82. The van der Waals surface area contributed by atoms with Crippen molar-refractivity contribution in [2.75, 3.05) is 0 Å². The van der Waals surface area contributed by atoms with E-state index in [0.717, 1.165) is 23.3 Å². The Balaban J connectivity index is 2.23. The van der Waals surface area contributed by atoms with Gasteiger partial charge in [0.15, 0.2) is 0 Å². The number of carbonyl (C=O) groups is 1. The van der Waals surface area contributed by atoms with Crippen molar-refractivity contribution in [1.29, 1.82) is 0 Å². The highest BCUT2D eigenvalue weighted by atomic mass is 32.1. The summed E-state index contributed by atoms with van der Waals surface area (Å²) >= 11 is 1.66. The van der Waals surface area contributed by atoms with E-state index in [1.165, 1.54) is 5.56 Å². The summed E-state index contributed by atoms with van der Waals surface area (Å²) < 4.78 is 2.14. The van der Waals surface area contributed by atoms with E-state index in [0.29, 0.717) is 5.56 Å². The Hall–Kier alpha value is -2.14. The van der Waals surface area contributed by atoms with E-state index in [9.17, 15) is 9.90 Å². The van der Waals surface area contributed by atoms with Gasteiger partial charge in [0.2, 0.25) is 0 Å². The lowest BCUT2D eigenvalue weighted by Gasteiger charge is -2.16. The van der Waals surface area contributed by atoms with Crippen LogP contribution in [-0.4, -0.2) is 20.6 Å². The van der Waals surface area contributed by atoms with E-state index in [2.05, 4.69) is 40.2 Å². The second kappa shape index (κ2) is 5.33. The van der Waals surface area contributed by atoms with Crippen LogP contribution in [-0.2, 0) is 6.42 Å². The maximum Gasteiger partial charge on any atom is 0.335 e. The molecule has 0 spiro atoms. The van der Waals surface area contributed by atoms with Crippen LogP contribution in [0.1, 0.15) is 41.6 Å². The van der Waals surface area contributed by atoms with Crippen molar-refractivity contribution >= 4 is 28.3 Å². The Morgan fingerprint density at radius 2 is 2.24 bits per heavy atom. The fourth-order valence-corrected chi connectivity index (χ4v) is 3.37. The van der Waals surface area contributed by atoms with Crippen LogP contribution in [0.15, 0.2) is 35.0 Å². The van der Waals surface area contributed by atoms with Crippen LogP contribution in [0.5, 0.6) is 0 Å². The number of imidazole rings is 1. The van der Waals surface area contributed by atoms with E-state index in [1.807, 2.05) is 0 Å². The highest BCUT2D eigenvalue weighted by molar-refractivity contribution is 7.07. The largest absolute Gasteiger partial charge is 0.478 e. The van der Waals surface area contributed by atoms with Crippen LogP contribution in [0.2, 0.25) is 0 Å². The first-order valence-electron chi connectivity index (χ1n) is 6.88. The van der Waals surface area contributed by atoms with Gasteiger partial charge in [0.1, 0.15) is 5.82 Å². The number of benzene rings is 1. The topological polar surface area (TPSA) is 55.1 Å². The molecule has 0 saturated carbocycles. The number of aryl methyl sites for hydroxylation is 1. The summed E-state index contributed by atoms with van der Waals surface area (Å²) in [6.07, 6.45) is 0.811. The van der Waals surface area contributed by atoms with Gasteiger partial charge in [-0.2, -0.15) is 11.3 Å². The first kappa shape index (κ1) is 13.8. The summed E-state index contributed by atoms with van der Waals surface area (Å²) in [6, 6.07) is 7.35. The lowest BCUT2D eigenvalue weighted by atomic mass is 10.1. The monoisotopic (exact) mass is 300 g/mol. The van der Waals surface area contributed by atoms with Crippen LogP contribution in [0, 0.1) is 0 Å². The van der Waals surface area contributed by atoms with Crippen molar-refractivity contribution in [1.82, 2.24) is 9.55 Å². The number of carboxylic acids is 1. The van der Waals surface area contributed by atoms with Crippen molar-refractivity contribution in [3.63, 3.8) is 0 Å². The molecule has 21 heavy (non-hydrogen) atoms. The minimum atomic E-state index is -0.911. The molecule has 1 unspecified atom stereocenters. The average Bonchev–Trinajstić information content (AvgIpc) is 3.12. The Kier molecular flexibility index (Phi) is 3.51. The van der Waals surface area contributed by atoms with Gasteiger partial charge < -0.3 is 9.67 Å². The van der Waals surface area contributed by atoms with Crippen molar-refractivity contribution < 1.29 is 9.90 Å². The van der Waals surface area contributed by atoms with E-state index in [1.54, 1.807) is 29.5 Å². The van der Waals surface area contributed by atoms with Gasteiger partial charge in [-0.3, -0.25) is 0 Å². The molecule has 0 aliphatic rings. The van der Waals surface area contributed by atoms with Crippen molar-refractivity contribution in [3.8, 4) is 0 Å². The molecule has 3 aromatic rings. The van der Waals surface area contributed by atoms with Crippen LogP contribution in [0.3, 0.4) is 0 Å². The minimum absolute atomic E-state index is 0.139. The maximum absolute atomic E-state index is 11.2. The molecule has 0 fully saturated rings. The van der Waals surface area contributed by atoms with Gasteiger partial charge in [0.25, 0.3) is 0 Å². The van der Waals surface area contributed by atoms with E-state index in [4.69, 9.17) is 0 Å². The number of aromatic nitrogens is 2. The summed E-state index contributed by atoms with van der Waals surface area (Å²) in [7, 11) is 0. The summed E-state index contributed by atoms with van der Waals surface area (Å²) in [5, 5.41) is 13.4.